The predicted molar refractivity (Wildman–Crippen MR) is 123 cm³/mol. The van der Waals surface area contributed by atoms with E-state index in [9.17, 15) is 15.2 Å². The summed E-state index contributed by atoms with van der Waals surface area (Å²) < 4.78 is 10.9. The fourth-order valence-electron chi connectivity index (χ4n) is 4.54. The van der Waals surface area contributed by atoms with Crippen LogP contribution < -0.4 is 4.74 Å². The molecule has 7 nitrogen and oxygen atoms in total. The Morgan fingerprint density at radius 1 is 1.06 bits per heavy atom. The molecule has 0 unspecified atom stereocenters. The number of fused-ring (bicyclic) bond motifs is 1. The Morgan fingerprint density at radius 3 is 2.61 bits per heavy atom. The molecule has 0 spiro atoms. The van der Waals surface area contributed by atoms with Gasteiger partial charge in [0.25, 0.3) is 0 Å². The summed E-state index contributed by atoms with van der Waals surface area (Å²) in [6.07, 6.45) is 5.16. The molecule has 1 N–H and O–H groups in total. The Labute approximate surface area is 192 Å². The molecular weight excluding hydrogens is 420 g/mol. The normalized spacial score (nSPS) is 19.5. The number of hydrogen-bond acceptors (Lipinski definition) is 6. The van der Waals surface area contributed by atoms with E-state index in [1.165, 1.54) is 0 Å². The van der Waals surface area contributed by atoms with Gasteiger partial charge in [0.15, 0.2) is 5.78 Å². The number of carbonyl (C=O) groups is 1. The molecule has 2 aromatic rings. The third-order valence-corrected chi connectivity index (χ3v) is 6.31. The summed E-state index contributed by atoms with van der Waals surface area (Å²) in [6, 6.07) is 15.3. The molecule has 1 saturated heterocycles. The van der Waals surface area contributed by atoms with Crippen LogP contribution in [0.25, 0.3) is 5.57 Å². The van der Waals surface area contributed by atoms with E-state index in [0.29, 0.717) is 49.7 Å². The van der Waals surface area contributed by atoms with Gasteiger partial charge in [0.2, 0.25) is 0 Å². The summed E-state index contributed by atoms with van der Waals surface area (Å²) in [7, 11) is 0. The molecule has 0 amide bonds. The van der Waals surface area contributed by atoms with Crippen LogP contribution in [0.15, 0.2) is 78.0 Å². The summed E-state index contributed by atoms with van der Waals surface area (Å²) >= 11 is 0. The van der Waals surface area contributed by atoms with Gasteiger partial charge in [-0.2, -0.15) is 0 Å². The number of ketones is 1. The minimum Gasteiger partial charge on any atom is -0.633 e. The van der Waals surface area contributed by atoms with Crippen LogP contribution >= 0.6 is 0 Å². The Bertz CT molecular complexity index is 1150. The molecule has 0 radical (unpaired) electrons. The van der Waals surface area contributed by atoms with Gasteiger partial charge in [-0.15, -0.1) is 0 Å². The van der Waals surface area contributed by atoms with Crippen molar-refractivity contribution in [1.82, 2.24) is 5.06 Å². The first-order valence-corrected chi connectivity index (χ1v) is 11.1. The average molecular weight is 447 g/mol. The molecule has 2 aromatic carbocycles. The lowest BCUT2D eigenvalue weighted by Gasteiger charge is -2.44. The summed E-state index contributed by atoms with van der Waals surface area (Å²) in [4.78, 5) is 13.6. The minimum atomic E-state index is -0.312. The number of rotatable bonds is 6. The first kappa shape index (κ1) is 21.6. The number of hydroxylamine groups is 5. The second kappa shape index (κ2) is 8.96. The first-order valence-electron chi connectivity index (χ1n) is 11.1. The van der Waals surface area contributed by atoms with Crippen LogP contribution in [-0.2, 0) is 4.74 Å². The third kappa shape index (κ3) is 4.36. The van der Waals surface area contributed by atoms with Gasteiger partial charge in [0.05, 0.1) is 19.8 Å². The zero-order valence-electron chi connectivity index (χ0n) is 18.3. The highest BCUT2D eigenvalue weighted by Crippen LogP contribution is 2.42. The van der Waals surface area contributed by atoms with E-state index in [1.807, 2.05) is 48.5 Å². The van der Waals surface area contributed by atoms with Crippen LogP contribution in [0, 0.1) is 5.21 Å². The van der Waals surface area contributed by atoms with Gasteiger partial charge in [-0.1, -0.05) is 36.4 Å². The molecular formula is C26H26N2O5. The molecule has 0 atom stereocenters. The van der Waals surface area contributed by atoms with Crippen molar-refractivity contribution in [2.24, 2.45) is 0 Å². The van der Waals surface area contributed by atoms with Crippen molar-refractivity contribution in [3.8, 4) is 5.75 Å². The second-order valence-corrected chi connectivity index (χ2v) is 8.47. The maximum atomic E-state index is 13.6. The van der Waals surface area contributed by atoms with Crippen LogP contribution in [0.3, 0.4) is 0 Å². The standard InChI is InChI=1S/C26H26N2O5/c29-26-23-17-21(33-16-13-28(31)11-14-32-15-12-28)8-9-22(23)24(19-5-2-1-3-6-19)25(26)20-7-4-10-27(30)18-20/h1-10,17,30H,11-16,18H2. The fraction of sp³-hybridized carbons (Fsp3) is 0.269. The summed E-state index contributed by atoms with van der Waals surface area (Å²) in [6.45, 7) is 2.68. The largest absolute Gasteiger partial charge is 0.633 e. The van der Waals surface area contributed by atoms with E-state index < -0.39 is 0 Å². The van der Waals surface area contributed by atoms with Gasteiger partial charge in [-0.05, 0) is 41.0 Å². The average Bonchev–Trinajstić information content (AvgIpc) is 3.12. The lowest BCUT2D eigenvalue weighted by Crippen LogP contribution is -2.52. The molecule has 1 aliphatic carbocycles. The van der Waals surface area contributed by atoms with Crippen LogP contribution in [0.4, 0.5) is 0 Å². The van der Waals surface area contributed by atoms with Gasteiger partial charge in [-0.25, -0.2) is 0 Å². The third-order valence-electron chi connectivity index (χ3n) is 6.31. The molecule has 170 valence electrons. The van der Waals surface area contributed by atoms with Crippen molar-refractivity contribution in [3.05, 3.63) is 99.9 Å². The number of nitrogens with zero attached hydrogens (tertiary/aromatic N) is 2. The predicted octanol–water partition coefficient (Wildman–Crippen LogP) is 3.55. The molecule has 3 aliphatic rings. The van der Waals surface area contributed by atoms with E-state index in [4.69, 9.17) is 9.47 Å². The summed E-state index contributed by atoms with van der Waals surface area (Å²) in [5.74, 6) is 0.474. The van der Waals surface area contributed by atoms with Gasteiger partial charge >= 0.3 is 0 Å². The van der Waals surface area contributed by atoms with Crippen LogP contribution in [0.1, 0.15) is 21.5 Å². The number of hydrogen-bond donors (Lipinski definition) is 1. The highest BCUT2D eigenvalue weighted by Gasteiger charge is 2.33. The number of benzene rings is 2. The number of quaternary nitrogens is 1. The topological polar surface area (TPSA) is 82.1 Å². The number of Topliss-reactive ketones (excluding diaryl/α,β-unsaturated/α-hetero) is 1. The smallest absolute Gasteiger partial charge is 0.194 e. The van der Waals surface area contributed by atoms with E-state index in [2.05, 4.69) is 0 Å². The molecule has 1 fully saturated rings. The second-order valence-electron chi connectivity index (χ2n) is 8.47. The van der Waals surface area contributed by atoms with Gasteiger partial charge in [0, 0.05) is 22.9 Å². The monoisotopic (exact) mass is 446 g/mol. The Morgan fingerprint density at radius 2 is 1.85 bits per heavy atom. The van der Waals surface area contributed by atoms with E-state index in [1.54, 1.807) is 18.3 Å². The van der Waals surface area contributed by atoms with E-state index in [0.717, 1.165) is 27.3 Å². The van der Waals surface area contributed by atoms with Crippen molar-refractivity contribution >= 4 is 11.4 Å². The van der Waals surface area contributed by atoms with Crippen molar-refractivity contribution < 1.29 is 24.1 Å². The van der Waals surface area contributed by atoms with Crippen molar-refractivity contribution in [2.75, 3.05) is 46.0 Å². The highest BCUT2D eigenvalue weighted by atomic mass is 16.6. The minimum absolute atomic E-state index is 0.0928. The molecule has 5 rings (SSSR count). The molecule has 7 heteroatoms. The number of ether oxygens (including phenoxy) is 2. The Hall–Kier alpha value is -3.23. The lowest BCUT2D eigenvalue weighted by atomic mass is 9.93. The fourth-order valence-corrected chi connectivity index (χ4v) is 4.54. The van der Waals surface area contributed by atoms with Gasteiger partial charge in [-0.3, -0.25) is 15.1 Å². The van der Waals surface area contributed by atoms with Gasteiger partial charge in [0.1, 0.15) is 32.0 Å². The van der Waals surface area contributed by atoms with Crippen molar-refractivity contribution in [3.63, 3.8) is 0 Å². The van der Waals surface area contributed by atoms with Gasteiger partial charge < -0.3 is 19.3 Å². The lowest BCUT2D eigenvalue weighted by molar-refractivity contribution is -0.888. The zero-order valence-corrected chi connectivity index (χ0v) is 18.3. The van der Waals surface area contributed by atoms with Crippen molar-refractivity contribution in [1.29, 1.82) is 0 Å². The quantitative estimate of drug-likeness (QED) is 0.540. The summed E-state index contributed by atoms with van der Waals surface area (Å²) in [5.41, 5.74) is 4.56. The molecule has 0 saturated carbocycles. The Balaban J connectivity index is 1.43. The van der Waals surface area contributed by atoms with E-state index in [-0.39, 0.29) is 23.6 Å². The van der Waals surface area contributed by atoms with Crippen molar-refractivity contribution in [2.45, 2.75) is 0 Å². The molecule has 0 aromatic heterocycles. The highest BCUT2D eigenvalue weighted by molar-refractivity contribution is 6.25. The number of carbonyl (C=O) groups excluding carboxylic acids is 1. The maximum Gasteiger partial charge on any atom is 0.194 e. The maximum absolute atomic E-state index is 13.6. The zero-order chi connectivity index (χ0) is 22.8. The molecule has 0 bridgehead atoms. The summed E-state index contributed by atoms with van der Waals surface area (Å²) in [5, 5.41) is 23.7. The van der Waals surface area contributed by atoms with Crippen LogP contribution in [0.5, 0.6) is 5.75 Å². The number of morpholine rings is 1. The SMILES string of the molecule is O=C1C(C2=CC=CN(O)C2)=C(c2ccccc2)c2ccc(OCC[N+]3([O-])CCOCC3)cc21. The van der Waals surface area contributed by atoms with Crippen LogP contribution in [-0.4, -0.2) is 66.7 Å². The molecule has 2 aliphatic heterocycles. The molecule has 2 heterocycles. The molecule has 33 heavy (non-hydrogen) atoms. The van der Waals surface area contributed by atoms with E-state index >= 15 is 0 Å². The number of allylic oxidation sites excluding steroid dienone is 2. The van der Waals surface area contributed by atoms with Crippen LogP contribution in [0.2, 0.25) is 0 Å². The first-order chi connectivity index (χ1) is 16.0. The Kier molecular flexibility index (Phi) is 5.86.